The number of allylic oxidation sites excluding steroid dienone is 3. The Morgan fingerprint density at radius 2 is 1.79 bits per heavy atom. The molecule has 222 valence electrons. The molecule has 0 radical (unpaired) electrons. The summed E-state index contributed by atoms with van der Waals surface area (Å²) < 4.78 is 18.8. The van der Waals surface area contributed by atoms with E-state index < -0.39 is 17.9 Å². The number of hydrogen-bond acceptors (Lipinski definition) is 7. The van der Waals surface area contributed by atoms with Crippen molar-refractivity contribution in [3.63, 3.8) is 0 Å². The van der Waals surface area contributed by atoms with E-state index in [4.69, 9.17) is 4.74 Å². The van der Waals surface area contributed by atoms with Gasteiger partial charge < -0.3 is 15.2 Å². The van der Waals surface area contributed by atoms with Gasteiger partial charge in [-0.15, -0.1) is 4.91 Å². The number of benzene rings is 2. The van der Waals surface area contributed by atoms with E-state index in [0.29, 0.717) is 17.2 Å². The Morgan fingerprint density at radius 1 is 1.10 bits per heavy atom. The normalized spacial score (nSPS) is 16.1. The van der Waals surface area contributed by atoms with Crippen molar-refractivity contribution in [3.05, 3.63) is 81.2 Å². The second kappa shape index (κ2) is 15.5. The van der Waals surface area contributed by atoms with E-state index in [-0.39, 0.29) is 29.3 Å². The average molecular weight is 577 g/mol. The van der Waals surface area contributed by atoms with Crippen LogP contribution in [-0.2, 0) is 16.0 Å². The molecule has 42 heavy (non-hydrogen) atoms. The van der Waals surface area contributed by atoms with Crippen LogP contribution in [0.4, 0.5) is 4.39 Å². The second-order valence-electron chi connectivity index (χ2n) is 10.2. The molecule has 1 fully saturated rings. The Bertz CT molecular complexity index is 1410. The molecule has 1 aliphatic rings. The van der Waals surface area contributed by atoms with Crippen LogP contribution in [0.3, 0.4) is 0 Å². The minimum atomic E-state index is -1.27. The smallest absolute Gasteiger partial charge is 0.308 e. The van der Waals surface area contributed by atoms with E-state index >= 15 is 0 Å². The topological polar surface area (TPSA) is 130 Å². The number of nitrogens with zero attached hydrogens (tertiary/aromatic N) is 3. The third-order valence-corrected chi connectivity index (χ3v) is 7.45. The number of amides is 2. The zero-order valence-corrected chi connectivity index (χ0v) is 24.4. The van der Waals surface area contributed by atoms with Gasteiger partial charge in [-0.3, -0.25) is 19.6 Å². The molecule has 0 heterocycles. The van der Waals surface area contributed by atoms with Crippen molar-refractivity contribution >= 4 is 29.8 Å². The molecule has 0 aliphatic heterocycles. The SMILES string of the molecule is CN=C/C(C(=O)NC(Cc1ccc(O)c(OC)c1)C(=O)N=O)=C(C)/N=C\C(=C(/C)C1CCCCC1)c1ccc(F)cc1. The van der Waals surface area contributed by atoms with Crippen LogP contribution >= 0.6 is 0 Å². The van der Waals surface area contributed by atoms with Gasteiger partial charge in [-0.2, -0.15) is 0 Å². The first-order valence-electron chi connectivity index (χ1n) is 13.9. The first-order chi connectivity index (χ1) is 20.2. The average Bonchev–Trinajstić information content (AvgIpc) is 3.00. The fraction of sp³-hybridized carbons (Fsp3) is 0.375. The van der Waals surface area contributed by atoms with Gasteiger partial charge in [0.1, 0.15) is 11.9 Å². The van der Waals surface area contributed by atoms with Crippen LogP contribution in [-0.4, -0.2) is 49.5 Å². The van der Waals surface area contributed by atoms with E-state index in [1.165, 1.54) is 51.1 Å². The van der Waals surface area contributed by atoms with Crippen molar-refractivity contribution < 1.29 is 23.8 Å². The highest BCUT2D eigenvalue weighted by atomic mass is 19.1. The number of methoxy groups -OCH3 is 1. The highest BCUT2D eigenvalue weighted by Gasteiger charge is 2.25. The van der Waals surface area contributed by atoms with Crippen LogP contribution in [0.1, 0.15) is 57.1 Å². The van der Waals surface area contributed by atoms with Crippen LogP contribution in [0.2, 0.25) is 0 Å². The summed E-state index contributed by atoms with van der Waals surface area (Å²) in [7, 11) is 2.88. The van der Waals surface area contributed by atoms with Gasteiger partial charge in [0.05, 0.1) is 18.4 Å². The van der Waals surface area contributed by atoms with Gasteiger partial charge in [0.2, 0.25) is 0 Å². The van der Waals surface area contributed by atoms with Gasteiger partial charge in [0, 0.05) is 31.1 Å². The number of aromatic hydroxyl groups is 1. The van der Waals surface area contributed by atoms with Crippen molar-refractivity contribution in [2.24, 2.45) is 21.1 Å². The maximum absolute atomic E-state index is 13.7. The summed E-state index contributed by atoms with van der Waals surface area (Å²) in [6, 6.07) is 9.41. The van der Waals surface area contributed by atoms with Crippen molar-refractivity contribution in [3.8, 4) is 11.5 Å². The van der Waals surface area contributed by atoms with E-state index in [0.717, 1.165) is 42.4 Å². The highest BCUT2D eigenvalue weighted by Crippen LogP contribution is 2.33. The van der Waals surface area contributed by atoms with E-state index in [1.807, 2.05) is 0 Å². The molecule has 1 aliphatic carbocycles. The summed E-state index contributed by atoms with van der Waals surface area (Å²) >= 11 is 0. The summed E-state index contributed by atoms with van der Waals surface area (Å²) in [5.74, 6) is -1.59. The van der Waals surface area contributed by atoms with Gasteiger partial charge in [-0.1, -0.05) is 43.0 Å². The molecule has 1 saturated carbocycles. The van der Waals surface area contributed by atoms with Crippen LogP contribution in [0, 0.1) is 16.6 Å². The van der Waals surface area contributed by atoms with Gasteiger partial charge >= 0.3 is 5.91 Å². The minimum absolute atomic E-state index is 0.0656. The van der Waals surface area contributed by atoms with Gasteiger partial charge in [0.15, 0.2) is 11.5 Å². The number of phenolic OH excluding ortho intramolecular Hbond substituents is 1. The summed E-state index contributed by atoms with van der Waals surface area (Å²) in [6.07, 6.45) is 8.61. The number of carbonyl (C=O) groups is 2. The first kappa shape index (κ1) is 32.0. The molecule has 1 atom stereocenters. The molecule has 0 bridgehead atoms. The predicted octanol–water partition coefficient (Wildman–Crippen LogP) is 5.96. The lowest BCUT2D eigenvalue weighted by atomic mass is 9.81. The van der Waals surface area contributed by atoms with Crippen LogP contribution in [0.25, 0.3) is 5.57 Å². The lowest BCUT2D eigenvalue weighted by Gasteiger charge is -2.24. The number of aliphatic imine (C=N–C) groups is 2. The predicted molar refractivity (Wildman–Crippen MR) is 162 cm³/mol. The van der Waals surface area contributed by atoms with E-state index in [1.54, 1.807) is 31.3 Å². The number of carbonyl (C=O) groups excluding carboxylic acids is 2. The van der Waals surface area contributed by atoms with Crippen molar-refractivity contribution in [1.29, 1.82) is 0 Å². The van der Waals surface area contributed by atoms with Crippen molar-refractivity contribution in [2.45, 2.75) is 58.4 Å². The van der Waals surface area contributed by atoms with Crippen molar-refractivity contribution in [2.75, 3.05) is 14.2 Å². The molecule has 2 aromatic rings. The Kier molecular flexibility index (Phi) is 11.8. The fourth-order valence-electron chi connectivity index (χ4n) is 5.05. The molecular weight excluding hydrogens is 539 g/mol. The fourth-order valence-corrected chi connectivity index (χ4v) is 5.05. The van der Waals surface area contributed by atoms with Gasteiger partial charge in [-0.25, -0.2) is 4.39 Å². The number of halogens is 1. The zero-order chi connectivity index (χ0) is 30.6. The Balaban J connectivity index is 1.94. The quantitative estimate of drug-likeness (QED) is 0.194. The number of nitroso groups, excluding NO2 is 1. The minimum Gasteiger partial charge on any atom is -0.504 e. The number of phenols is 1. The molecule has 9 nitrogen and oxygen atoms in total. The largest absolute Gasteiger partial charge is 0.504 e. The van der Waals surface area contributed by atoms with Gasteiger partial charge in [-0.05, 0) is 73.6 Å². The molecule has 2 aromatic carbocycles. The van der Waals surface area contributed by atoms with Crippen LogP contribution in [0.5, 0.6) is 11.5 Å². The molecule has 3 rings (SSSR count). The summed E-state index contributed by atoms with van der Waals surface area (Å²) in [6.45, 7) is 3.72. The third-order valence-electron chi connectivity index (χ3n) is 7.45. The molecule has 1 unspecified atom stereocenters. The molecule has 2 N–H and O–H groups in total. The van der Waals surface area contributed by atoms with Crippen LogP contribution < -0.4 is 10.1 Å². The van der Waals surface area contributed by atoms with E-state index in [9.17, 15) is 24.0 Å². The molecule has 2 amide bonds. The molecule has 0 spiro atoms. The van der Waals surface area contributed by atoms with E-state index in [2.05, 4.69) is 27.4 Å². The molecule has 0 saturated heterocycles. The molecular formula is C32H37FN4O5. The summed E-state index contributed by atoms with van der Waals surface area (Å²) in [4.78, 5) is 45.5. The number of hydrogen-bond donors (Lipinski definition) is 2. The summed E-state index contributed by atoms with van der Waals surface area (Å²) in [5.41, 5.74) is 3.77. The second-order valence-corrected chi connectivity index (χ2v) is 10.2. The zero-order valence-electron chi connectivity index (χ0n) is 24.4. The lowest BCUT2D eigenvalue weighted by molar-refractivity contribution is -0.125. The van der Waals surface area contributed by atoms with Gasteiger partial charge in [0.25, 0.3) is 5.91 Å². The molecule has 0 aromatic heterocycles. The number of ether oxygens (including phenoxy) is 1. The highest BCUT2D eigenvalue weighted by molar-refractivity contribution is 6.15. The number of rotatable bonds is 11. The Morgan fingerprint density at radius 3 is 2.40 bits per heavy atom. The monoisotopic (exact) mass is 576 g/mol. The van der Waals surface area contributed by atoms with Crippen molar-refractivity contribution in [1.82, 2.24) is 5.32 Å². The maximum atomic E-state index is 13.7. The standard InChI is InChI=1S/C32H37FN4O5/c1-20(23-8-6-5-7-9-23)26(24-11-13-25(33)14-12-24)19-35-21(2)27(18-34-3)31(39)36-28(32(40)37-41)16-22-10-15-29(38)30(17-22)42-4/h10-15,17-19,23,28,38H,5-9,16H2,1-4H3,(H,36,39)/b26-20-,27-21-,34-18?,35-19-. The third kappa shape index (κ3) is 8.52. The number of nitrogens with one attached hydrogen (secondary N) is 1. The van der Waals surface area contributed by atoms with Crippen LogP contribution in [0.15, 0.2) is 74.5 Å². The lowest BCUT2D eigenvalue weighted by Crippen LogP contribution is -2.42. The maximum Gasteiger partial charge on any atom is 0.308 e. The summed E-state index contributed by atoms with van der Waals surface area (Å²) in [5, 5.41) is 14.9. The first-order valence-corrected chi connectivity index (χ1v) is 13.9. The Labute approximate surface area is 245 Å². The Hall–Kier alpha value is -4.47. The molecule has 10 heteroatoms.